The maximum absolute atomic E-state index is 15.4. The number of halogens is 1. The van der Waals surface area contributed by atoms with Crippen molar-refractivity contribution in [3.05, 3.63) is 64.9 Å². The van der Waals surface area contributed by atoms with Crippen molar-refractivity contribution in [1.82, 2.24) is 9.88 Å². The number of hydrogen-bond acceptors (Lipinski definition) is 7. The van der Waals surface area contributed by atoms with Gasteiger partial charge in [-0.15, -0.1) is 11.3 Å². The number of sulfonamides is 1. The van der Waals surface area contributed by atoms with Gasteiger partial charge in [0, 0.05) is 35.9 Å². The Balaban J connectivity index is 1.24. The van der Waals surface area contributed by atoms with E-state index in [1.54, 1.807) is 12.5 Å². The lowest BCUT2D eigenvalue weighted by molar-refractivity contribution is 0.209. The van der Waals surface area contributed by atoms with Crippen LogP contribution >= 0.6 is 11.3 Å². The molecule has 0 radical (unpaired) electrons. The zero-order valence-corrected chi connectivity index (χ0v) is 23.1. The third-order valence-corrected chi connectivity index (χ3v) is 10.8. The van der Waals surface area contributed by atoms with Crippen LogP contribution in [0.15, 0.2) is 52.9 Å². The van der Waals surface area contributed by atoms with E-state index in [1.165, 1.54) is 23.9 Å². The molecule has 3 aromatic rings. The summed E-state index contributed by atoms with van der Waals surface area (Å²) in [5.41, 5.74) is 2.94. The molecule has 0 amide bonds. The maximum Gasteiger partial charge on any atom is 0.266 e. The molecule has 0 spiro atoms. The summed E-state index contributed by atoms with van der Waals surface area (Å²) in [7, 11) is -2.40. The molecule has 1 aromatic heterocycles. The predicted molar refractivity (Wildman–Crippen MR) is 148 cm³/mol. The lowest BCUT2D eigenvalue weighted by Crippen LogP contribution is -2.44. The van der Waals surface area contributed by atoms with Gasteiger partial charge in [-0.3, -0.25) is 9.62 Å². The summed E-state index contributed by atoms with van der Waals surface area (Å²) in [6, 6.07) is 11.3. The van der Waals surface area contributed by atoms with Gasteiger partial charge in [-0.25, -0.2) is 17.8 Å². The Morgan fingerprint density at radius 3 is 2.68 bits per heavy atom. The van der Waals surface area contributed by atoms with Crippen molar-refractivity contribution in [3.8, 4) is 5.75 Å². The molecule has 1 aliphatic carbocycles. The van der Waals surface area contributed by atoms with E-state index in [1.807, 2.05) is 12.1 Å². The van der Waals surface area contributed by atoms with Crippen molar-refractivity contribution in [2.45, 2.75) is 60.8 Å². The van der Waals surface area contributed by atoms with E-state index < -0.39 is 15.8 Å². The van der Waals surface area contributed by atoms with Gasteiger partial charge in [0.2, 0.25) is 0 Å². The van der Waals surface area contributed by atoms with Crippen molar-refractivity contribution in [2.75, 3.05) is 36.8 Å². The Bertz CT molecular complexity index is 1390. The van der Waals surface area contributed by atoms with E-state index >= 15 is 4.39 Å². The molecule has 1 saturated carbocycles. The largest absolute Gasteiger partial charge is 0.497 e. The third kappa shape index (κ3) is 4.78. The number of aromatic nitrogens is 1. The van der Waals surface area contributed by atoms with Crippen molar-refractivity contribution in [1.29, 1.82) is 0 Å². The predicted octanol–water partition coefficient (Wildman–Crippen LogP) is 5.79. The summed E-state index contributed by atoms with van der Waals surface area (Å²) in [6.07, 6.45) is 7.87. The van der Waals surface area contributed by atoms with E-state index in [0.29, 0.717) is 12.5 Å². The number of benzene rings is 2. The summed E-state index contributed by atoms with van der Waals surface area (Å²) < 4.78 is 49.1. The van der Waals surface area contributed by atoms with Crippen LogP contribution in [0.1, 0.15) is 61.5 Å². The summed E-state index contributed by atoms with van der Waals surface area (Å²) in [6.45, 7) is 2.79. The minimum Gasteiger partial charge on any atom is -0.497 e. The lowest BCUT2D eigenvalue weighted by Gasteiger charge is -2.34. The van der Waals surface area contributed by atoms with Crippen molar-refractivity contribution < 1.29 is 17.5 Å². The first-order valence-corrected chi connectivity index (χ1v) is 15.6. The Hall–Kier alpha value is -2.69. The molecule has 202 valence electrons. The zero-order valence-electron chi connectivity index (χ0n) is 21.5. The first-order valence-electron chi connectivity index (χ1n) is 13.3. The van der Waals surface area contributed by atoms with E-state index in [0.717, 1.165) is 80.0 Å². The average molecular weight is 557 g/mol. The molecule has 2 unspecified atom stereocenters. The maximum atomic E-state index is 15.4. The molecule has 6 rings (SSSR count). The Morgan fingerprint density at radius 2 is 2.00 bits per heavy atom. The highest BCUT2D eigenvalue weighted by atomic mass is 32.2. The Labute approximate surface area is 227 Å². The van der Waals surface area contributed by atoms with Gasteiger partial charge in [-0.1, -0.05) is 18.6 Å². The van der Waals surface area contributed by atoms with Crippen LogP contribution in [-0.2, 0) is 10.0 Å². The second-order valence-corrected chi connectivity index (χ2v) is 13.3. The summed E-state index contributed by atoms with van der Waals surface area (Å²) >= 11 is 1.16. The molecular formula is C28H33FN4O3S2. The second-order valence-electron chi connectivity index (χ2n) is 10.7. The van der Waals surface area contributed by atoms with Gasteiger partial charge in [0.15, 0.2) is 5.13 Å². The van der Waals surface area contributed by atoms with Gasteiger partial charge in [0.25, 0.3) is 10.0 Å². The van der Waals surface area contributed by atoms with Crippen LogP contribution in [-0.4, -0.2) is 50.6 Å². The van der Waals surface area contributed by atoms with Gasteiger partial charge in [0.1, 0.15) is 16.5 Å². The number of nitrogens with one attached hydrogen (secondary N) is 2. The van der Waals surface area contributed by atoms with Gasteiger partial charge in [0.05, 0.1) is 7.11 Å². The van der Waals surface area contributed by atoms with Crippen molar-refractivity contribution in [2.24, 2.45) is 0 Å². The molecule has 3 aliphatic rings. The lowest BCUT2D eigenvalue weighted by atomic mass is 9.79. The molecule has 3 heterocycles. The average Bonchev–Trinajstić information content (AvgIpc) is 3.59. The number of thiazole rings is 1. The molecule has 2 saturated heterocycles. The minimum atomic E-state index is -4.08. The van der Waals surface area contributed by atoms with Gasteiger partial charge < -0.3 is 10.1 Å². The normalized spacial score (nSPS) is 23.7. The minimum absolute atomic E-state index is 0.00903. The van der Waals surface area contributed by atoms with E-state index in [9.17, 15) is 8.42 Å². The SMILES string of the molecule is COc1ccc(C2CN3CCCC3(CNc3cc(F)c(S(=O)(=O)Nc4nccs4)cc3C3CCC3)C2)cc1. The highest BCUT2D eigenvalue weighted by Gasteiger charge is 2.48. The van der Waals surface area contributed by atoms with Gasteiger partial charge >= 0.3 is 0 Å². The molecule has 2 N–H and O–H groups in total. The highest BCUT2D eigenvalue weighted by molar-refractivity contribution is 7.93. The van der Waals surface area contributed by atoms with Crippen molar-refractivity contribution >= 4 is 32.2 Å². The zero-order chi connectivity index (χ0) is 26.3. The smallest absolute Gasteiger partial charge is 0.266 e. The quantitative estimate of drug-likeness (QED) is 0.347. The van der Waals surface area contributed by atoms with E-state index in [-0.39, 0.29) is 21.5 Å². The molecule has 7 nitrogen and oxygen atoms in total. The highest BCUT2D eigenvalue weighted by Crippen LogP contribution is 2.47. The van der Waals surface area contributed by atoms with Crippen LogP contribution in [0.3, 0.4) is 0 Å². The standard InChI is InChI=1S/C28H33FN4O3S2/c1-36-22-8-6-19(7-9-22)21-16-28(10-3-12-33(28)17-21)18-31-25-15-24(29)26(14-23(25)20-4-2-5-20)38(34,35)32-27-30-11-13-37-27/h6-9,11,13-15,20-21,31H,2-5,10,12,16-18H2,1H3,(H,30,32). The molecule has 38 heavy (non-hydrogen) atoms. The molecule has 2 aromatic carbocycles. The first kappa shape index (κ1) is 25.6. The van der Waals surface area contributed by atoms with Crippen LogP contribution in [0.4, 0.5) is 15.2 Å². The van der Waals surface area contributed by atoms with Crippen LogP contribution in [0, 0.1) is 5.82 Å². The van der Waals surface area contributed by atoms with Crippen LogP contribution < -0.4 is 14.8 Å². The number of ether oxygens (including phenoxy) is 1. The van der Waals surface area contributed by atoms with Crippen LogP contribution in [0.25, 0.3) is 0 Å². The first-order chi connectivity index (χ1) is 18.4. The fourth-order valence-corrected chi connectivity index (χ4v) is 8.24. The van der Waals surface area contributed by atoms with Gasteiger partial charge in [-0.2, -0.15) is 0 Å². The number of rotatable bonds is 9. The number of nitrogens with zero attached hydrogens (tertiary/aromatic N) is 2. The summed E-state index contributed by atoms with van der Waals surface area (Å²) in [4.78, 5) is 6.25. The molecule has 2 aliphatic heterocycles. The monoisotopic (exact) mass is 556 g/mol. The van der Waals surface area contributed by atoms with Gasteiger partial charge in [-0.05, 0) is 85.9 Å². The summed E-state index contributed by atoms with van der Waals surface area (Å²) in [5.74, 6) is 0.791. The van der Waals surface area contributed by atoms with Crippen LogP contribution in [0.2, 0.25) is 0 Å². The fourth-order valence-electron chi connectivity index (χ4n) is 6.36. The van der Waals surface area contributed by atoms with E-state index in [4.69, 9.17) is 4.74 Å². The Morgan fingerprint density at radius 1 is 1.18 bits per heavy atom. The topological polar surface area (TPSA) is 83.6 Å². The molecule has 10 heteroatoms. The Kier molecular flexibility index (Phi) is 6.82. The molecule has 0 bridgehead atoms. The second kappa shape index (κ2) is 10.1. The van der Waals surface area contributed by atoms with Crippen molar-refractivity contribution in [3.63, 3.8) is 0 Å². The molecular weight excluding hydrogens is 523 g/mol. The number of methoxy groups -OCH3 is 1. The number of fused-ring (bicyclic) bond motifs is 1. The number of anilines is 2. The molecule has 3 fully saturated rings. The van der Waals surface area contributed by atoms with E-state index in [2.05, 4.69) is 32.1 Å². The van der Waals surface area contributed by atoms with Crippen LogP contribution in [0.5, 0.6) is 5.75 Å². The molecule has 2 atom stereocenters. The third-order valence-electron chi connectivity index (χ3n) is 8.60. The fraction of sp³-hybridized carbons (Fsp3) is 0.464. The summed E-state index contributed by atoms with van der Waals surface area (Å²) in [5, 5.41) is 5.50. The number of hydrogen-bond donors (Lipinski definition) is 2.